The van der Waals surface area contributed by atoms with E-state index in [1.807, 2.05) is 12.1 Å². The molecule has 0 saturated carbocycles. The number of hydrogen-bond acceptors (Lipinski definition) is 5. The predicted molar refractivity (Wildman–Crippen MR) is 125 cm³/mol. The summed E-state index contributed by atoms with van der Waals surface area (Å²) >= 11 is 0. The number of carbonyl (C=O) groups excluding carboxylic acids is 2. The van der Waals surface area contributed by atoms with Gasteiger partial charge in [0.1, 0.15) is 5.75 Å². The summed E-state index contributed by atoms with van der Waals surface area (Å²) in [6.45, 7) is 3.18. The van der Waals surface area contributed by atoms with Crippen LogP contribution in [-0.2, 0) is 20.8 Å². The number of nitrogens with two attached hydrogens (primary N) is 1. The van der Waals surface area contributed by atoms with Gasteiger partial charge in [-0.25, -0.2) is 0 Å². The molecule has 3 aliphatic rings. The van der Waals surface area contributed by atoms with Gasteiger partial charge in [-0.05, 0) is 68.2 Å². The Morgan fingerprint density at radius 2 is 1.97 bits per heavy atom. The lowest BCUT2D eigenvalue weighted by atomic mass is 9.70. The average Bonchev–Trinajstić information content (AvgIpc) is 2.80. The van der Waals surface area contributed by atoms with E-state index < -0.39 is 5.97 Å². The first kappa shape index (κ1) is 25.0. The molecule has 8 nitrogen and oxygen atoms in total. The molecule has 3 fully saturated rings. The van der Waals surface area contributed by atoms with E-state index in [0.29, 0.717) is 37.1 Å². The van der Waals surface area contributed by atoms with Crippen LogP contribution in [-0.4, -0.2) is 71.5 Å². The molecule has 3 saturated heterocycles. The number of carboxylic acids is 1. The van der Waals surface area contributed by atoms with Gasteiger partial charge in [0.2, 0.25) is 11.8 Å². The number of benzene rings is 1. The van der Waals surface area contributed by atoms with E-state index in [0.717, 1.165) is 57.9 Å². The van der Waals surface area contributed by atoms with Crippen LogP contribution in [0.15, 0.2) is 24.3 Å². The molecule has 8 heteroatoms. The molecular formula is C25H37N3O5. The fourth-order valence-corrected chi connectivity index (χ4v) is 5.69. The van der Waals surface area contributed by atoms with E-state index in [-0.39, 0.29) is 18.0 Å². The first-order valence-electron chi connectivity index (χ1n) is 12.0. The number of carbonyl (C=O) groups is 3. The first-order valence-corrected chi connectivity index (χ1v) is 12.0. The number of fused-ring (bicyclic) bond motifs is 4. The monoisotopic (exact) mass is 459 g/mol. The summed E-state index contributed by atoms with van der Waals surface area (Å²) in [5, 5.41) is 7.42. The van der Waals surface area contributed by atoms with E-state index in [1.54, 1.807) is 7.11 Å². The van der Waals surface area contributed by atoms with Crippen LogP contribution in [0.5, 0.6) is 5.75 Å². The maximum Gasteiger partial charge on any atom is 0.300 e. The Bertz CT molecular complexity index is 841. The fraction of sp³-hybridized carbons (Fsp3) is 0.640. The van der Waals surface area contributed by atoms with Crippen molar-refractivity contribution in [3.63, 3.8) is 0 Å². The third kappa shape index (κ3) is 6.25. The number of carboxylic acid groups (broad SMARTS) is 1. The molecule has 4 rings (SSSR count). The van der Waals surface area contributed by atoms with Crippen LogP contribution in [0, 0.1) is 11.8 Å². The Balaban J connectivity index is 0.000000709. The van der Waals surface area contributed by atoms with E-state index in [4.69, 9.17) is 20.4 Å². The van der Waals surface area contributed by atoms with Crippen molar-refractivity contribution >= 4 is 17.8 Å². The minimum atomic E-state index is -0.833. The Morgan fingerprint density at radius 1 is 1.24 bits per heavy atom. The van der Waals surface area contributed by atoms with Crippen molar-refractivity contribution in [2.24, 2.45) is 17.6 Å². The normalized spacial score (nSPS) is 26.1. The molecule has 1 aromatic carbocycles. The summed E-state index contributed by atoms with van der Waals surface area (Å²) in [6.07, 6.45) is 5.89. The summed E-state index contributed by atoms with van der Waals surface area (Å²) in [5.74, 6) is 1.27. The van der Waals surface area contributed by atoms with Gasteiger partial charge in [0.05, 0.1) is 7.11 Å². The zero-order chi connectivity index (χ0) is 24.0. The quantitative estimate of drug-likeness (QED) is 0.675. The van der Waals surface area contributed by atoms with Crippen LogP contribution >= 0.6 is 0 Å². The van der Waals surface area contributed by atoms with Crippen LogP contribution in [0.2, 0.25) is 0 Å². The largest absolute Gasteiger partial charge is 0.497 e. The van der Waals surface area contributed by atoms with Crippen molar-refractivity contribution in [3.05, 3.63) is 29.8 Å². The van der Waals surface area contributed by atoms with E-state index in [9.17, 15) is 9.59 Å². The smallest absolute Gasteiger partial charge is 0.300 e. The molecule has 0 aliphatic carbocycles. The number of rotatable bonds is 6. The van der Waals surface area contributed by atoms with Gasteiger partial charge in [0.25, 0.3) is 5.97 Å². The van der Waals surface area contributed by atoms with Crippen molar-refractivity contribution in [2.75, 3.05) is 26.7 Å². The number of ether oxygens (including phenoxy) is 1. The minimum absolute atomic E-state index is 0.154. The first-order chi connectivity index (χ1) is 15.8. The predicted octanol–water partition coefficient (Wildman–Crippen LogP) is 2.30. The lowest BCUT2D eigenvalue weighted by Gasteiger charge is -2.56. The van der Waals surface area contributed by atoms with Gasteiger partial charge < -0.3 is 25.4 Å². The van der Waals surface area contributed by atoms with Gasteiger partial charge in [-0.15, -0.1) is 0 Å². The summed E-state index contributed by atoms with van der Waals surface area (Å²) in [7, 11) is 1.68. The van der Waals surface area contributed by atoms with Gasteiger partial charge in [0.15, 0.2) is 0 Å². The highest BCUT2D eigenvalue weighted by Gasteiger charge is 2.49. The zero-order valence-electron chi connectivity index (χ0n) is 19.7. The van der Waals surface area contributed by atoms with Crippen LogP contribution in [0.25, 0.3) is 0 Å². The molecule has 3 aliphatic heterocycles. The Morgan fingerprint density at radius 3 is 2.67 bits per heavy atom. The standard InChI is InChI=1S/C23H33N3O3.C2H4O2/c1-29-19-6-2-5-16(11-19)12-21-18-13-17(20-7-3-8-23(28)26(20)21)14-25(15-18)22(27)9-4-10-24;1-2(3)4/h2,5-6,11,17-18,20-21H,3-4,7-10,12-15,24H2,1H3;1H3,(H,3,4)/t17-,18+,20+,21+;/m1./s1. The molecule has 0 unspecified atom stereocenters. The number of nitrogens with zero attached hydrogens (tertiary/aromatic N) is 2. The number of methoxy groups -OCH3 is 1. The molecule has 2 amide bonds. The number of hydrogen-bond donors (Lipinski definition) is 2. The highest BCUT2D eigenvalue weighted by molar-refractivity contribution is 5.79. The molecule has 0 spiro atoms. The van der Waals surface area contributed by atoms with Crippen molar-refractivity contribution in [1.82, 2.24) is 9.80 Å². The van der Waals surface area contributed by atoms with E-state index in [1.165, 1.54) is 5.56 Å². The Labute approximate surface area is 196 Å². The Kier molecular flexibility index (Phi) is 8.72. The van der Waals surface area contributed by atoms with Crippen LogP contribution < -0.4 is 10.5 Å². The molecule has 3 heterocycles. The number of likely N-dealkylation sites (tertiary alicyclic amines) is 1. The van der Waals surface area contributed by atoms with E-state index >= 15 is 0 Å². The van der Waals surface area contributed by atoms with Gasteiger partial charge in [-0.2, -0.15) is 0 Å². The second kappa shape index (κ2) is 11.5. The summed E-state index contributed by atoms with van der Waals surface area (Å²) < 4.78 is 5.40. The minimum Gasteiger partial charge on any atom is -0.497 e. The third-order valence-corrected chi connectivity index (χ3v) is 7.02. The SMILES string of the molecule is CC(=O)O.COc1cccc(C[C@H]2[C@H]3C[C@H](CN(C(=O)CCCN)C3)[C@@H]3CCCC(=O)N32)c1. The van der Waals surface area contributed by atoms with Crippen molar-refractivity contribution in [1.29, 1.82) is 0 Å². The summed E-state index contributed by atoms with van der Waals surface area (Å²) in [6, 6.07) is 8.58. The van der Waals surface area contributed by atoms with Crippen molar-refractivity contribution < 1.29 is 24.2 Å². The summed E-state index contributed by atoms with van der Waals surface area (Å²) in [4.78, 5) is 39.0. The number of amides is 2. The molecule has 182 valence electrons. The third-order valence-electron chi connectivity index (χ3n) is 7.02. The second-order valence-electron chi connectivity index (χ2n) is 9.35. The van der Waals surface area contributed by atoms with Crippen LogP contribution in [0.1, 0.15) is 51.0 Å². The van der Waals surface area contributed by atoms with Gasteiger partial charge in [0, 0.05) is 44.9 Å². The van der Waals surface area contributed by atoms with E-state index in [2.05, 4.69) is 21.9 Å². The number of aliphatic carboxylic acids is 1. The molecule has 2 bridgehead atoms. The van der Waals surface area contributed by atoms with Crippen molar-refractivity contribution in [3.8, 4) is 5.75 Å². The fourth-order valence-electron chi connectivity index (χ4n) is 5.69. The highest BCUT2D eigenvalue weighted by Crippen LogP contribution is 2.42. The zero-order valence-corrected chi connectivity index (χ0v) is 19.7. The van der Waals surface area contributed by atoms with Gasteiger partial charge in [-0.3, -0.25) is 14.4 Å². The average molecular weight is 460 g/mol. The van der Waals surface area contributed by atoms with Gasteiger partial charge in [-0.1, -0.05) is 12.1 Å². The molecule has 1 aromatic rings. The van der Waals surface area contributed by atoms with Crippen LogP contribution in [0.3, 0.4) is 0 Å². The molecule has 0 aromatic heterocycles. The Hall–Kier alpha value is -2.61. The second-order valence-corrected chi connectivity index (χ2v) is 9.35. The highest BCUT2D eigenvalue weighted by atomic mass is 16.5. The molecule has 0 radical (unpaired) electrons. The molecule has 4 atom stereocenters. The lowest BCUT2D eigenvalue weighted by Crippen LogP contribution is -2.66. The molecule has 33 heavy (non-hydrogen) atoms. The molecule has 3 N–H and O–H groups in total. The van der Waals surface area contributed by atoms with Gasteiger partial charge >= 0.3 is 0 Å². The topological polar surface area (TPSA) is 113 Å². The van der Waals surface area contributed by atoms with Crippen LogP contribution in [0.4, 0.5) is 0 Å². The maximum atomic E-state index is 12.9. The lowest BCUT2D eigenvalue weighted by molar-refractivity contribution is -0.156. The maximum absolute atomic E-state index is 12.9. The molecular weight excluding hydrogens is 422 g/mol. The summed E-state index contributed by atoms with van der Waals surface area (Å²) in [5.41, 5.74) is 6.80. The van der Waals surface area contributed by atoms with Crippen molar-refractivity contribution in [2.45, 2.75) is 64.0 Å². The number of piperidine rings is 3.